The van der Waals surface area contributed by atoms with Crippen LogP contribution in [0.4, 0.5) is 0 Å². The van der Waals surface area contributed by atoms with Crippen LogP contribution in [0.2, 0.25) is 0 Å². The first-order chi connectivity index (χ1) is 31.6. The standard InChI is InChI=1S/C33H50O6P2.C12H8O2P.CH5O3P.2CH3O2P.CH4.2Zn/c1-29(2,3)23-15-13-16-24(30(4,5)6)27(23)38-40-34-19-33(20-35-40)21-36-41(37-22-33)39-28-25(31(7,8)9)17-14-18-26(28)32(10,11)12;13-15-12-8-4-2-6-10(12)9-5-1-3-7-11(9)14-15;1-5(2,3)4;2*1-4(2)3;;;/h13-18H,19-22H2,1-12H3;1-8H;1H3,(H2,2,3,4);2*1H3;1H4;;/q;+1;;;;;;/p+2. The number of benzene rings is 4. The normalized spacial score (nSPS) is 18.5. The maximum absolute atomic E-state index is 11.8. The molecule has 5 aromatic rings. The molecular weight excluding hydrogens is 1150 g/mol. The molecule has 0 saturated carbocycles. The minimum Gasteiger partial charge on any atom is -0.426 e. The number of fused-ring (bicyclic) bond motifs is 3. The van der Waals surface area contributed by atoms with Crippen LogP contribution >= 0.6 is 48.5 Å². The van der Waals surface area contributed by atoms with Crippen LogP contribution in [-0.2, 0) is 97.0 Å². The van der Waals surface area contributed by atoms with Crippen molar-refractivity contribution in [3.63, 3.8) is 0 Å². The first-order valence-corrected chi connectivity index (χ1v) is 30.7. The van der Waals surface area contributed by atoms with Gasteiger partial charge in [-0.15, -0.1) is 0 Å². The van der Waals surface area contributed by atoms with Crippen molar-refractivity contribution in [3.8, 4) is 11.5 Å². The Kier molecular flexibility index (Phi) is 29.4. The molecule has 392 valence electrons. The predicted molar refractivity (Wildman–Crippen MR) is 287 cm³/mol. The summed E-state index contributed by atoms with van der Waals surface area (Å²) in [7, 11) is -12.2. The van der Waals surface area contributed by atoms with Crippen LogP contribution < -0.4 is 9.05 Å². The molecule has 72 heavy (non-hydrogen) atoms. The summed E-state index contributed by atoms with van der Waals surface area (Å²) in [6, 6.07) is 28.1. The van der Waals surface area contributed by atoms with E-state index < -0.39 is 53.9 Å². The van der Waals surface area contributed by atoms with Crippen molar-refractivity contribution in [3.05, 3.63) is 107 Å². The topological polar surface area (TPSA) is 218 Å². The van der Waals surface area contributed by atoms with E-state index in [-0.39, 0.29) is 68.0 Å². The van der Waals surface area contributed by atoms with Crippen LogP contribution in [-0.4, -0.2) is 66.0 Å². The van der Waals surface area contributed by atoms with Gasteiger partial charge in [-0.2, -0.15) is 9.79 Å². The van der Waals surface area contributed by atoms with E-state index in [0.29, 0.717) is 32.0 Å². The monoisotopic (exact) mass is 1220 g/mol. The number of rotatable bonds is 4. The molecule has 23 heteroatoms. The molecule has 7 rings (SSSR count). The predicted octanol–water partition coefficient (Wildman–Crippen LogP) is 15.3. The van der Waals surface area contributed by atoms with E-state index in [1.54, 1.807) is 0 Å². The van der Waals surface area contributed by atoms with E-state index in [4.69, 9.17) is 60.0 Å². The Bertz CT molecular complexity index is 2430. The first-order valence-electron chi connectivity index (χ1n) is 21.9. The van der Waals surface area contributed by atoms with E-state index in [1.807, 2.05) is 48.5 Å². The quantitative estimate of drug-likeness (QED) is 0.0747. The van der Waals surface area contributed by atoms with Gasteiger partial charge in [0.05, 0.1) is 31.8 Å². The van der Waals surface area contributed by atoms with Gasteiger partial charge in [-0.05, 0) is 53.6 Å². The van der Waals surface area contributed by atoms with Gasteiger partial charge in [0, 0.05) is 78.6 Å². The van der Waals surface area contributed by atoms with E-state index in [9.17, 15) is 9.13 Å². The molecular formula is C49H75O15P6Zn2+3. The maximum Gasteiger partial charge on any atom is 0.597 e. The summed E-state index contributed by atoms with van der Waals surface area (Å²) in [4.78, 5) is 30.4. The van der Waals surface area contributed by atoms with Crippen LogP contribution in [0.5, 0.6) is 11.5 Å². The third kappa shape index (κ3) is 23.1. The van der Waals surface area contributed by atoms with Crippen molar-refractivity contribution in [2.24, 2.45) is 5.41 Å². The Morgan fingerprint density at radius 1 is 0.569 bits per heavy atom. The van der Waals surface area contributed by atoms with Gasteiger partial charge in [0.2, 0.25) is 5.12 Å². The van der Waals surface area contributed by atoms with Crippen LogP contribution in [0.25, 0.3) is 21.5 Å². The molecule has 2 aliphatic heterocycles. The molecule has 2 aliphatic rings. The van der Waals surface area contributed by atoms with E-state index >= 15 is 0 Å². The van der Waals surface area contributed by atoms with E-state index in [2.05, 4.69) is 119 Å². The summed E-state index contributed by atoms with van der Waals surface area (Å²) in [6.45, 7) is 31.5. The zero-order chi connectivity index (χ0) is 52.3. The average molecular weight is 1220 g/mol. The Morgan fingerprint density at radius 2 is 0.847 bits per heavy atom. The van der Waals surface area contributed by atoms with Crippen molar-refractivity contribution < 1.29 is 108 Å². The Morgan fingerprint density at radius 3 is 1.15 bits per heavy atom. The molecule has 2 saturated heterocycles. The van der Waals surface area contributed by atoms with Crippen molar-refractivity contribution in [2.75, 3.05) is 46.4 Å². The smallest absolute Gasteiger partial charge is 0.426 e. The Balaban J connectivity index is 0.00000132. The summed E-state index contributed by atoms with van der Waals surface area (Å²) in [5.74, 6) is 1.74. The number of para-hydroxylation sites is 3. The summed E-state index contributed by atoms with van der Waals surface area (Å²) in [5.41, 5.74) is 4.60. The van der Waals surface area contributed by atoms with Crippen LogP contribution in [0.1, 0.15) is 113 Å². The van der Waals surface area contributed by atoms with Crippen LogP contribution in [0.15, 0.2) is 89.1 Å². The SMILES string of the molecule is C.CC(C)(C)c1cccc(C(C)(C)C)c1OP1OCC2(CO1)COP(Oc1c(C(C)(C)C)cccc1C(C)(C)C)OC2.CP(=O)(O)O.C[P+](=O)O.C[P+](=O)O.O=[p+]1oc2ccccc2c2ccccc21.[Zn].[Zn]. The number of hydrogen-bond acceptors (Lipinski definition) is 11. The Labute approximate surface area is 457 Å². The molecule has 3 atom stereocenters. The summed E-state index contributed by atoms with van der Waals surface area (Å²) >= 11 is 0. The first kappa shape index (κ1) is 70.6. The second kappa shape index (κ2) is 29.9. The van der Waals surface area contributed by atoms with Gasteiger partial charge in [-0.3, -0.25) is 4.57 Å². The fourth-order valence-electron chi connectivity index (χ4n) is 6.74. The molecule has 0 bridgehead atoms. The van der Waals surface area contributed by atoms with Crippen molar-refractivity contribution in [2.45, 2.75) is 112 Å². The molecule has 0 aliphatic carbocycles. The third-order valence-electron chi connectivity index (χ3n) is 9.96. The summed E-state index contributed by atoms with van der Waals surface area (Å²) in [6.07, 6.45) is 0. The van der Waals surface area contributed by atoms with Crippen LogP contribution in [0, 0.1) is 5.41 Å². The van der Waals surface area contributed by atoms with Gasteiger partial charge in [-0.1, -0.05) is 157 Å². The van der Waals surface area contributed by atoms with Crippen LogP contribution in [0.3, 0.4) is 0 Å². The summed E-state index contributed by atoms with van der Waals surface area (Å²) < 4.78 is 82.7. The largest absolute Gasteiger partial charge is 0.597 e. The zero-order valence-corrected chi connectivity index (χ0v) is 55.1. The molecule has 0 amide bonds. The molecule has 1 spiro atoms. The van der Waals surface area contributed by atoms with Gasteiger partial charge < -0.3 is 36.9 Å². The van der Waals surface area contributed by atoms with Gasteiger partial charge in [0.1, 0.15) is 11.5 Å². The second-order valence-corrected chi connectivity index (χ2v) is 27.7. The van der Waals surface area contributed by atoms with Crippen molar-refractivity contribution in [1.29, 1.82) is 0 Å². The average Bonchev–Trinajstić information content (AvgIpc) is 3.21. The van der Waals surface area contributed by atoms with Gasteiger partial charge in [-0.25, -0.2) is 4.20 Å². The van der Waals surface area contributed by atoms with Crippen molar-refractivity contribution >= 4 is 70.0 Å². The molecule has 3 unspecified atom stereocenters. The minimum absolute atomic E-state index is 0. The van der Waals surface area contributed by atoms with Gasteiger partial charge in [0.25, 0.3) is 0 Å². The molecule has 2 fully saturated rings. The number of hydrogen-bond donors (Lipinski definition) is 4. The second-order valence-electron chi connectivity index (χ2n) is 20.7. The van der Waals surface area contributed by atoms with Gasteiger partial charge >= 0.3 is 48.5 Å². The van der Waals surface area contributed by atoms with E-state index in [1.165, 1.54) is 13.3 Å². The molecule has 1 aromatic heterocycles. The zero-order valence-electron chi connectivity index (χ0n) is 43.8. The molecule has 15 nitrogen and oxygen atoms in total. The van der Waals surface area contributed by atoms with Gasteiger partial charge in [0.15, 0.2) is 18.9 Å². The third-order valence-corrected chi connectivity index (χ3v) is 13.1. The molecule has 4 aromatic carbocycles. The molecule has 0 radical (unpaired) electrons. The van der Waals surface area contributed by atoms with E-state index in [0.717, 1.165) is 56.3 Å². The molecule has 3 heterocycles. The summed E-state index contributed by atoms with van der Waals surface area (Å²) in [5, 5.41) is 2.81. The fraction of sp³-hybridized carbons (Fsp3) is 0.510. The fourth-order valence-corrected chi connectivity index (χ4v) is 10.3. The molecule has 4 N–H and O–H groups in total. The maximum atomic E-state index is 11.8. The Hall–Kier alpha value is -1.40. The van der Waals surface area contributed by atoms with Crippen molar-refractivity contribution in [1.82, 2.24) is 0 Å². The minimum atomic E-state index is -3.64.